The third-order valence-electron chi connectivity index (χ3n) is 9.42. The van der Waals surface area contributed by atoms with Crippen LogP contribution in [0.3, 0.4) is 0 Å². The normalized spacial score (nSPS) is 11.6. The van der Waals surface area contributed by atoms with Crippen LogP contribution in [0.25, 0.3) is 33.4 Å². The molecule has 11 nitrogen and oxygen atoms in total. The molecule has 0 bridgehead atoms. The molecule has 0 radical (unpaired) electrons. The summed E-state index contributed by atoms with van der Waals surface area (Å²) in [6, 6.07) is 30.6. The van der Waals surface area contributed by atoms with E-state index < -0.39 is 16.8 Å². The summed E-state index contributed by atoms with van der Waals surface area (Å²) in [6.07, 6.45) is 12.0. The maximum atomic E-state index is 12.1. The van der Waals surface area contributed by atoms with Gasteiger partial charge < -0.3 is 18.6 Å². The predicted molar refractivity (Wildman–Crippen MR) is 233 cm³/mol. The van der Waals surface area contributed by atoms with Gasteiger partial charge in [0.1, 0.15) is 11.6 Å². The zero-order valence-electron chi connectivity index (χ0n) is 32.3. The molecule has 0 N–H and O–H groups in total. The number of methoxy groups -OCH3 is 2. The van der Waals surface area contributed by atoms with E-state index in [1.807, 2.05) is 64.2 Å². The fourth-order valence-corrected chi connectivity index (χ4v) is 7.74. The first kappa shape index (κ1) is 41.3. The standard InChI is InChI=1S/C22H18ClN3O3S.C22H18ClN3O2S/c1-29-21(27)18-13-17(23)5-4-15(18)11-14-3-6-19-16(12-14)8-10-26(19)20-7-9-24-22(25-20)30(2)28;1-28-21(27)18-13-17(23)5-4-15(18)11-14-3-6-19-16(12-14)8-10-26(19)20-7-9-24-22(25-20)29-2/h3-10,12-13H,11H2,1-2H3;3-10,12-13H,11H2,1-2H3. The molecule has 15 heteroatoms. The molecule has 0 saturated carbocycles. The van der Waals surface area contributed by atoms with E-state index in [2.05, 4.69) is 50.3 Å². The van der Waals surface area contributed by atoms with Gasteiger partial charge in [0.2, 0.25) is 5.16 Å². The largest absolute Gasteiger partial charge is 0.465 e. The number of halogens is 2. The molecule has 0 aliphatic carbocycles. The SMILES string of the molecule is COC(=O)c1cc(Cl)ccc1Cc1ccc2c(ccn2-c2ccnc(S(C)=O)n2)c1.COC(=O)c1cc(Cl)ccc1Cc1ccc2c(ccn2-c2ccnc(SC)n2)c1. The van der Waals surface area contributed by atoms with Crippen molar-refractivity contribution in [3.05, 3.63) is 165 Å². The Balaban J connectivity index is 0.000000179. The second-order valence-electron chi connectivity index (χ2n) is 13.2. The number of thioether (sulfide) groups is 1. The summed E-state index contributed by atoms with van der Waals surface area (Å²) in [4.78, 5) is 41.5. The molecule has 1 unspecified atom stereocenters. The van der Waals surface area contributed by atoms with Crippen LogP contribution in [0, 0.1) is 0 Å². The average molecular weight is 864 g/mol. The van der Waals surface area contributed by atoms with Crippen LogP contribution in [0.15, 0.2) is 132 Å². The van der Waals surface area contributed by atoms with Crippen LogP contribution in [0.2, 0.25) is 10.0 Å². The van der Waals surface area contributed by atoms with E-state index in [0.717, 1.165) is 55.0 Å². The monoisotopic (exact) mass is 862 g/mol. The van der Waals surface area contributed by atoms with Crippen molar-refractivity contribution in [1.29, 1.82) is 0 Å². The Morgan fingerprint density at radius 3 is 1.63 bits per heavy atom. The molecule has 8 aromatic rings. The van der Waals surface area contributed by atoms with Gasteiger partial charge >= 0.3 is 11.9 Å². The molecule has 0 spiro atoms. The van der Waals surface area contributed by atoms with Crippen LogP contribution in [0.4, 0.5) is 0 Å². The van der Waals surface area contributed by atoms with Gasteiger partial charge in [-0.15, -0.1) is 0 Å². The Morgan fingerprint density at radius 1 is 0.661 bits per heavy atom. The molecule has 4 aromatic carbocycles. The molecule has 0 saturated heterocycles. The maximum absolute atomic E-state index is 12.1. The highest BCUT2D eigenvalue weighted by molar-refractivity contribution is 7.98. The first-order valence-electron chi connectivity index (χ1n) is 18.0. The van der Waals surface area contributed by atoms with E-state index in [9.17, 15) is 13.8 Å². The van der Waals surface area contributed by atoms with E-state index in [4.69, 9.17) is 32.7 Å². The molecule has 0 amide bonds. The van der Waals surface area contributed by atoms with E-state index in [1.165, 1.54) is 26.0 Å². The fraction of sp³-hybridized carbons (Fsp3) is 0.136. The molecule has 298 valence electrons. The van der Waals surface area contributed by atoms with Crippen molar-refractivity contribution < 1.29 is 23.3 Å². The third-order valence-corrected chi connectivity index (χ3v) is 11.2. The minimum absolute atomic E-state index is 0.295. The van der Waals surface area contributed by atoms with Gasteiger partial charge in [-0.25, -0.2) is 29.5 Å². The smallest absolute Gasteiger partial charge is 0.338 e. The first-order chi connectivity index (χ1) is 28.5. The molecule has 0 aliphatic heterocycles. The minimum Gasteiger partial charge on any atom is -0.465 e. The summed E-state index contributed by atoms with van der Waals surface area (Å²) in [7, 11) is 1.48. The molecular weight excluding hydrogens is 828 g/mol. The van der Waals surface area contributed by atoms with Crippen molar-refractivity contribution >= 4 is 79.5 Å². The molecule has 0 fully saturated rings. The summed E-state index contributed by atoms with van der Waals surface area (Å²) >= 11 is 13.6. The molecule has 0 aliphatic rings. The summed E-state index contributed by atoms with van der Waals surface area (Å²) < 4.78 is 25.5. The molecule has 59 heavy (non-hydrogen) atoms. The highest BCUT2D eigenvalue weighted by Crippen LogP contribution is 2.27. The van der Waals surface area contributed by atoms with E-state index in [-0.39, 0.29) is 5.97 Å². The van der Waals surface area contributed by atoms with Crippen LogP contribution < -0.4 is 0 Å². The lowest BCUT2D eigenvalue weighted by Gasteiger charge is -2.10. The fourth-order valence-electron chi connectivity index (χ4n) is 6.62. The highest BCUT2D eigenvalue weighted by atomic mass is 35.5. The molecule has 8 rings (SSSR count). The first-order valence-corrected chi connectivity index (χ1v) is 21.6. The lowest BCUT2D eigenvalue weighted by atomic mass is 9.99. The van der Waals surface area contributed by atoms with E-state index in [0.29, 0.717) is 45.0 Å². The number of hydrogen-bond acceptors (Lipinski definition) is 10. The summed E-state index contributed by atoms with van der Waals surface area (Å²) in [5, 5.41) is 4.16. The Hall–Kier alpha value is -5.86. The zero-order valence-corrected chi connectivity index (χ0v) is 35.4. The van der Waals surface area contributed by atoms with Gasteiger partial charge in [-0.3, -0.25) is 4.21 Å². The van der Waals surface area contributed by atoms with Gasteiger partial charge in [0, 0.05) is 51.9 Å². The van der Waals surface area contributed by atoms with E-state index in [1.54, 1.807) is 49.0 Å². The van der Waals surface area contributed by atoms with Crippen LogP contribution >= 0.6 is 35.0 Å². The van der Waals surface area contributed by atoms with Crippen molar-refractivity contribution in [1.82, 2.24) is 29.1 Å². The Kier molecular flexibility index (Phi) is 12.9. The zero-order chi connectivity index (χ0) is 41.6. The predicted octanol–water partition coefficient (Wildman–Crippen LogP) is 9.36. The second-order valence-corrected chi connectivity index (χ2v) is 16.1. The summed E-state index contributed by atoms with van der Waals surface area (Å²) in [6.45, 7) is 0. The van der Waals surface area contributed by atoms with Crippen LogP contribution in [0.5, 0.6) is 0 Å². The molecular formula is C44H36Cl2N6O5S2. The summed E-state index contributed by atoms with van der Waals surface area (Å²) in [5.41, 5.74) is 6.84. The number of ether oxygens (including phenoxy) is 2. The number of fused-ring (bicyclic) bond motifs is 2. The van der Waals surface area contributed by atoms with Gasteiger partial charge in [0.15, 0.2) is 5.16 Å². The number of esters is 2. The maximum Gasteiger partial charge on any atom is 0.338 e. The topological polar surface area (TPSA) is 131 Å². The Morgan fingerprint density at radius 2 is 1.15 bits per heavy atom. The molecule has 1 atom stereocenters. The Labute approximate surface area is 356 Å². The third kappa shape index (κ3) is 9.39. The van der Waals surface area contributed by atoms with Crippen molar-refractivity contribution in [2.24, 2.45) is 0 Å². The number of hydrogen-bond donors (Lipinski definition) is 0. The van der Waals surface area contributed by atoms with Gasteiger partial charge in [0.05, 0.1) is 47.2 Å². The van der Waals surface area contributed by atoms with Crippen molar-refractivity contribution in [3.63, 3.8) is 0 Å². The number of rotatable bonds is 10. The van der Waals surface area contributed by atoms with Gasteiger partial charge in [0.25, 0.3) is 0 Å². The van der Waals surface area contributed by atoms with Gasteiger partial charge in [-0.1, -0.05) is 59.2 Å². The lowest BCUT2D eigenvalue weighted by Crippen LogP contribution is -2.06. The van der Waals surface area contributed by atoms with Crippen molar-refractivity contribution in [2.75, 3.05) is 26.7 Å². The van der Waals surface area contributed by atoms with Crippen LogP contribution in [-0.2, 0) is 33.1 Å². The van der Waals surface area contributed by atoms with E-state index >= 15 is 0 Å². The number of benzene rings is 4. The average Bonchev–Trinajstić information content (AvgIpc) is 3.89. The van der Waals surface area contributed by atoms with Gasteiger partial charge in [-0.05, 0) is 114 Å². The van der Waals surface area contributed by atoms with Crippen LogP contribution in [0.1, 0.15) is 43.0 Å². The molecule has 4 aromatic heterocycles. The van der Waals surface area contributed by atoms with Crippen molar-refractivity contribution in [3.8, 4) is 11.6 Å². The van der Waals surface area contributed by atoms with Crippen molar-refractivity contribution in [2.45, 2.75) is 23.2 Å². The molecule has 4 heterocycles. The quantitative estimate of drug-likeness (QED) is 0.0745. The Bertz CT molecular complexity index is 2880. The second kappa shape index (κ2) is 18.4. The summed E-state index contributed by atoms with van der Waals surface area (Å²) in [5.74, 6) is 0.692. The minimum atomic E-state index is -1.25. The highest BCUT2D eigenvalue weighted by Gasteiger charge is 2.16. The number of carbonyl (C=O) groups is 2. The number of aromatic nitrogens is 6. The lowest BCUT2D eigenvalue weighted by molar-refractivity contribution is 0.0590. The van der Waals surface area contributed by atoms with Crippen LogP contribution in [-0.4, -0.2) is 71.9 Å². The van der Waals surface area contributed by atoms with Gasteiger partial charge in [-0.2, -0.15) is 0 Å². The number of nitrogens with zero attached hydrogens (tertiary/aromatic N) is 6. The number of carbonyl (C=O) groups excluding carboxylic acids is 2.